The van der Waals surface area contributed by atoms with E-state index in [1.807, 2.05) is 35.2 Å². The molecule has 4 nitrogen and oxygen atoms in total. The number of aromatic amines is 1. The maximum atomic E-state index is 12.5. The molecule has 3 aromatic rings. The number of para-hydroxylation sites is 2. The Hall–Kier alpha value is -2.27. The maximum absolute atomic E-state index is 12.5. The molecule has 2 aromatic carbocycles. The molecule has 0 saturated carbocycles. The molecule has 23 heavy (non-hydrogen) atoms. The molecule has 0 atom stereocenters. The largest absolute Gasteiger partial charge is 0.337 e. The van der Waals surface area contributed by atoms with Gasteiger partial charge < -0.3 is 9.88 Å². The van der Waals surface area contributed by atoms with E-state index in [1.165, 1.54) is 22.9 Å². The Morgan fingerprint density at radius 2 is 1.91 bits per heavy atom. The minimum Gasteiger partial charge on any atom is -0.337 e. The van der Waals surface area contributed by atoms with Gasteiger partial charge in [0.1, 0.15) is 0 Å². The van der Waals surface area contributed by atoms with Gasteiger partial charge in [0.25, 0.3) is 0 Å². The van der Waals surface area contributed by atoms with Gasteiger partial charge in [0, 0.05) is 13.1 Å². The summed E-state index contributed by atoms with van der Waals surface area (Å²) >= 11 is 1.47. The lowest BCUT2D eigenvalue weighted by molar-refractivity contribution is -0.129. The van der Waals surface area contributed by atoms with Crippen LogP contribution in [0, 0.1) is 0 Å². The molecular weight excluding hydrogens is 306 g/mol. The van der Waals surface area contributed by atoms with E-state index in [0.717, 1.165) is 35.7 Å². The summed E-state index contributed by atoms with van der Waals surface area (Å²) in [5.74, 6) is 0.590. The van der Waals surface area contributed by atoms with Crippen LogP contribution in [0.5, 0.6) is 0 Å². The van der Waals surface area contributed by atoms with Crippen LogP contribution in [0.2, 0.25) is 0 Å². The van der Waals surface area contributed by atoms with Crippen molar-refractivity contribution in [3.8, 4) is 0 Å². The van der Waals surface area contributed by atoms with E-state index in [0.29, 0.717) is 5.75 Å². The van der Waals surface area contributed by atoms with Gasteiger partial charge in [-0.2, -0.15) is 0 Å². The molecule has 0 saturated heterocycles. The quantitative estimate of drug-likeness (QED) is 0.753. The van der Waals surface area contributed by atoms with Gasteiger partial charge in [-0.1, -0.05) is 48.2 Å². The van der Waals surface area contributed by atoms with Crippen LogP contribution in [0.1, 0.15) is 11.1 Å². The number of nitrogens with zero attached hydrogens (tertiary/aromatic N) is 2. The lowest BCUT2D eigenvalue weighted by Gasteiger charge is -2.28. The summed E-state index contributed by atoms with van der Waals surface area (Å²) in [6.07, 6.45) is 0.942. The third-order valence-corrected chi connectivity index (χ3v) is 5.04. The second-order valence-corrected chi connectivity index (χ2v) is 6.65. The van der Waals surface area contributed by atoms with Crippen molar-refractivity contribution in [1.29, 1.82) is 0 Å². The van der Waals surface area contributed by atoms with E-state index < -0.39 is 0 Å². The minimum absolute atomic E-state index is 0.171. The molecule has 0 aliphatic carbocycles. The van der Waals surface area contributed by atoms with Crippen LogP contribution in [-0.4, -0.2) is 33.1 Å². The summed E-state index contributed by atoms with van der Waals surface area (Å²) in [5.41, 5.74) is 4.58. The minimum atomic E-state index is 0.171. The van der Waals surface area contributed by atoms with Crippen LogP contribution < -0.4 is 0 Å². The first-order valence-corrected chi connectivity index (χ1v) is 8.70. The second-order valence-electron chi connectivity index (χ2n) is 5.68. The number of carbonyl (C=O) groups is 1. The number of amides is 1. The number of benzene rings is 2. The smallest absolute Gasteiger partial charge is 0.233 e. The molecule has 116 valence electrons. The Morgan fingerprint density at radius 3 is 2.78 bits per heavy atom. The highest BCUT2D eigenvalue weighted by atomic mass is 32.2. The fraction of sp³-hybridized carbons (Fsp3) is 0.222. The third kappa shape index (κ3) is 2.97. The maximum Gasteiger partial charge on any atom is 0.233 e. The topological polar surface area (TPSA) is 49.0 Å². The third-order valence-electron chi connectivity index (χ3n) is 4.18. The van der Waals surface area contributed by atoms with E-state index in [9.17, 15) is 4.79 Å². The predicted molar refractivity (Wildman–Crippen MR) is 92.4 cm³/mol. The molecule has 0 radical (unpaired) electrons. The van der Waals surface area contributed by atoms with Gasteiger partial charge in [-0.05, 0) is 29.7 Å². The van der Waals surface area contributed by atoms with Gasteiger partial charge in [-0.3, -0.25) is 4.79 Å². The van der Waals surface area contributed by atoms with E-state index in [4.69, 9.17) is 0 Å². The molecule has 1 aliphatic rings. The normalized spacial score (nSPS) is 14.0. The van der Waals surface area contributed by atoms with Crippen molar-refractivity contribution < 1.29 is 4.79 Å². The van der Waals surface area contributed by atoms with Crippen molar-refractivity contribution >= 4 is 28.7 Å². The molecule has 1 aromatic heterocycles. The number of fused-ring (bicyclic) bond motifs is 2. The zero-order chi connectivity index (χ0) is 15.6. The lowest BCUT2D eigenvalue weighted by atomic mass is 10.00. The van der Waals surface area contributed by atoms with Crippen molar-refractivity contribution in [1.82, 2.24) is 14.9 Å². The first kappa shape index (κ1) is 14.3. The number of carbonyl (C=O) groups excluding carboxylic acids is 1. The van der Waals surface area contributed by atoms with Gasteiger partial charge in [0.2, 0.25) is 5.91 Å². The van der Waals surface area contributed by atoms with Crippen LogP contribution in [0.3, 0.4) is 0 Å². The Balaban J connectivity index is 1.40. The van der Waals surface area contributed by atoms with Crippen molar-refractivity contribution in [2.24, 2.45) is 0 Å². The standard InChI is InChI=1S/C18H17N3OS/c22-17(21-10-9-13-5-1-2-6-14(13)11-21)12-23-18-19-15-7-3-4-8-16(15)20-18/h1-8H,9-12H2,(H,19,20). The molecule has 0 bridgehead atoms. The molecule has 5 heteroatoms. The first-order valence-electron chi connectivity index (χ1n) is 7.72. The van der Waals surface area contributed by atoms with Crippen LogP contribution in [-0.2, 0) is 17.8 Å². The van der Waals surface area contributed by atoms with Crippen molar-refractivity contribution in [3.63, 3.8) is 0 Å². The van der Waals surface area contributed by atoms with Gasteiger partial charge in [0.05, 0.1) is 16.8 Å². The highest BCUT2D eigenvalue weighted by Crippen LogP contribution is 2.22. The Kier molecular flexibility index (Phi) is 3.79. The van der Waals surface area contributed by atoms with Gasteiger partial charge in [-0.25, -0.2) is 4.98 Å². The number of thioether (sulfide) groups is 1. The molecule has 1 N–H and O–H groups in total. The van der Waals surface area contributed by atoms with Gasteiger partial charge in [0.15, 0.2) is 5.16 Å². The SMILES string of the molecule is O=C(CSc1nc2ccccc2[nH]1)N1CCc2ccccc2C1. The number of imidazole rings is 1. The molecule has 4 rings (SSSR count). The number of rotatable bonds is 3. The number of hydrogen-bond donors (Lipinski definition) is 1. The van der Waals surface area contributed by atoms with Crippen LogP contribution in [0.4, 0.5) is 0 Å². The average Bonchev–Trinajstić information content (AvgIpc) is 3.02. The van der Waals surface area contributed by atoms with Crippen molar-refractivity contribution in [2.75, 3.05) is 12.3 Å². The number of hydrogen-bond acceptors (Lipinski definition) is 3. The Bertz CT molecular complexity index is 825. The summed E-state index contributed by atoms with van der Waals surface area (Å²) in [7, 11) is 0. The molecule has 1 aliphatic heterocycles. The van der Waals surface area contributed by atoms with E-state index in [2.05, 4.69) is 28.2 Å². The molecular formula is C18H17N3OS. The molecule has 2 heterocycles. The summed E-state index contributed by atoms with van der Waals surface area (Å²) in [6, 6.07) is 16.3. The zero-order valence-electron chi connectivity index (χ0n) is 12.7. The molecule has 0 unspecified atom stereocenters. The van der Waals surface area contributed by atoms with Crippen LogP contribution in [0.15, 0.2) is 53.7 Å². The van der Waals surface area contributed by atoms with Crippen LogP contribution >= 0.6 is 11.8 Å². The Morgan fingerprint density at radius 1 is 1.13 bits per heavy atom. The molecule has 0 fully saturated rings. The van der Waals surface area contributed by atoms with E-state index in [-0.39, 0.29) is 5.91 Å². The fourth-order valence-corrected chi connectivity index (χ4v) is 3.72. The van der Waals surface area contributed by atoms with Gasteiger partial charge >= 0.3 is 0 Å². The molecule has 0 spiro atoms. The second kappa shape index (κ2) is 6.08. The highest BCUT2D eigenvalue weighted by Gasteiger charge is 2.20. The zero-order valence-corrected chi connectivity index (χ0v) is 13.5. The number of H-pyrrole nitrogens is 1. The van der Waals surface area contributed by atoms with E-state index >= 15 is 0 Å². The molecule has 1 amide bonds. The monoisotopic (exact) mass is 323 g/mol. The van der Waals surface area contributed by atoms with Crippen LogP contribution in [0.25, 0.3) is 11.0 Å². The Labute approximate surface area is 138 Å². The van der Waals surface area contributed by atoms with Crippen molar-refractivity contribution in [2.45, 2.75) is 18.1 Å². The summed E-state index contributed by atoms with van der Waals surface area (Å²) in [5, 5.41) is 0.803. The average molecular weight is 323 g/mol. The number of nitrogens with one attached hydrogen (secondary N) is 1. The highest BCUT2D eigenvalue weighted by molar-refractivity contribution is 7.99. The summed E-state index contributed by atoms with van der Waals surface area (Å²) in [4.78, 5) is 22.2. The predicted octanol–water partition coefficient (Wildman–Crippen LogP) is 3.24. The first-order chi connectivity index (χ1) is 11.3. The summed E-state index contributed by atoms with van der Waals surface area (Å²) in [6.45, 7) is 1.52. The fourth-order valence-electron chi connectivity index (χ4n) is 2.93. The lowest BCUT2D eigenvalue weighted by Crippen LogP contribution is -2.37. The van der Waals surface area contributed by atoms with E-state index in [1.54, 1.807) is 0 Å². The summed E-state index contributed by atoms with van der Waals surface area (Å²) < 4.78 is 0. The van der Waals surface area contributed by atoms with Gasteiger partial charge in [-0.15, -0.1) is 0 Å². The van der Waals surface area contributed by atoms with Crippen molar-refractivity contribution in [3.05, 3.63) is 59.7 Å². The number of aromatic nitrogens is 2.